The molecule has 1 aliphatic rings. The predicted molar refractivity (Wildman–Crippen MR) is 97.0 cm³/mol. The monoisotopic (exact) mass is 395 g/mol. The molecule has 1 aromatic carbocycles. The maximum atomic E-state index is 12.6. The van der Waals surface area contributed by atoms with Crippen LogP contribution in [0.2, 0.25) is 10.0 Å². The van der Waals surface area contributed by atoms with Crippen LogP contribution in [-0.2, 0) is 11.3 Å². The fourth-order valence-electron chi connectivity index (χ4n) is 2.74. The first-order valence-corrected chi connectivity index (χ1v) is 8.48. The highest BCUT2D eigenvalue weighted by molar-refractivity contribution is 6.37. The van der Waals surface area contributed by atoms with E-state index in [2.05, 4.69) is 15.3 Å². The molecule has 0 bridgehead atoms. The first-order chi connectivity index (χ1) is 12.3. The minimum atomic E-state index is -0.420. The lowest BCUT2D eigenvalue weighted by Crippen LogP contribution is -2.37. The number of amides is 2. The molecule has 3 rings (SSSR count). The van der Waals surface area contributed by atoms with Gasteiger partial charge in [-0.15, -0.1) is 0 Å². The number of hydrogen-bond acceptors (Lipinski definition) is 6. The lowest BCUT2D eigenvalue weighted by atomic mass is 10.1. The number of hydrogen-bond donors (Lipinski definition) is 3. The van der Waals surface area contributed by atoms with Crippen molar-refractivity contribution in [1.29, 1.82) is 0 Å². The number of rotatable bonds is 4. The Morgan fingerprint density at radius 2 is 2.00 bits per heavy atom. The van der Waals surface area contributed by atoms with Gasteiger partial charge in [-0.05, 0) is 19.1 Å². The lowest BCUT2D eigenvalue weighted by Gasteiger charge is -2.14. The van der Waals surface area contributed by atoms with Crippen LogP contribution in [0.1, 0.15) is 23.0 Å². The fourth-order valence-corrected chi connectivity index (χ4v) is 3.21. The maximum absolute atomic E-state index is 12.6. The number of carbonyl (C=O) groups excluding carboxylic acids is 2. The average molecular weight is 396 g/mol. The Balaban J connectivity index is 2.05. The summed E-state index contributed by atoms with van der Waals surface area (Å²) in [5, 5.41) is 12.9. The molecule has 0 saturated heterocycles. The van der Waals surface area contributed by atoms with Crippen LogP contribution in [0, 0.1) is 0 Å². The second-order valence-electron chi connectivity index (χ2n) is 5.66. The van der Waals surface area contributed by atoms with Gasteiger partial charge in [0, 0.05) is 17.7 Å². The van der Waals surface area contributed by atoms with Gasteiger partial charge < -0.3 is 21.1 Å². The van der Waals surface area contributed by atoms with Gasteiger partial charge in [0.1, 0.15) is 18.0 Å². The molecule has 0 fully saturated rings. The van der Waals surface area contributed by atoms with Crippen LogP contribution < -0.4 is 11.1 Å². The average Bonchev–Trinajstić information content (AvgIpc) is 2.87. The van der Waals surface area contributed by atoms with Gasteiger partial charge in [0.2, 0.25) is 11.9 Å². The third kappa shape index (κ3) is 3.25. The van der Waals surface area contributed by atoms with Crippen molar-refractivity contribution in [1.82, 2.24) is 20.2 Å². The molecule has 4 N–H and O–H groups in total. The molecule has 136 valence electrons. The first-order valence-electron chi connectivity index (χ1n) is 7.72. The molecule has 2 aromatic rings. The van der Waals surface area contributed by atoms with Crippen LogP contribution >= 0.6 is 23.2 Å². The highest BCUT2D eigenvalue weighted by Gasteiger charge is 2.34. The summed E-state index contributed by atoms with van der Waals surface area (Å²) in [6.45, 7) is 2.27. The van der Waals surface area contributed by atoms with Gasteiger partial charge >= 0.3 is 0 Å². The number of aromatic nitrogens is 2. The number of nitrogens with one attached hydrogen (secondary N) is 1. The normalized spacial score (nSPS) is 13.0. The van der Waals surface area contributed by atoms with Crippen molar-refractivity contribution in [3.8, 4) is 17.0 Å². The van der Waals surface area contributed by atoms with Crippen molar-refractivity contribution in [3.05, 3.63) is 33.4 Å². The topological polar surface area (TPSA) is 121 Å². The van der Waals surface area contributed by atoms with Crippen LogP contribution in [0.15, 0.2) is 12.1 Å². The van der Waals surface area contributed by atoms with E-state index in [1.165, 1.54) is 17.0 Å². The standard InChI is InChI=1S/C16H15Cl2N5O3/c1-2-20-12(25)6-23-5-8-13(21-16(19)22-14(8)15(23)26)7-3-11(24)10(18)4-9(7)17/h3-4,24H,2,5-6H2,1H3,(H,20,25)(H2,19,21,22). The first kappa shape index (κ1) is 18.2. The van der Waals surface area contributed by atoms with Crippen LogP contribution in [-0.4, -0.2) is 44.9 Å². The number of halogens is 2. The van der Waals surface area contributed by atoms with Gasteiger partial charge in [0.05, 0.1) is 22.3 Å². The van der Waals surface area contributed by atoms with E-state index < -0.39 is 5.91 Å². The summed E-state index contributed by atoms with van der Waals surface area (Å²) in [7, 11) is 0. The van der Waals surface area contributed by atoms with Crippen LogP contribution in [0.25, 0.3) is 11.3 Å². The molecule has 2 heterocycles. The molecule has 10 heteroatoms. The second kappa shape index (κ2) is 6.97. The number of aromatic hydroxyl groups is 1. The van der Waals surface area contributed by atoms with Crippen molar-refractivity contribution >= 4 is 41.0 Å². The van der Waals surface area contributed by atoms with Gasteiger partial charge in [0.15, 0.2) is 0 Å². The summed E-state index contributed by atoms with van der Waals surface area (Å²) in [5.41, 5.74) is 7.02. The second-order valence-corrected chi connectivity index (χ2v) is 6.47. The van der Waals surface area contributed by atoms with Gasteiger partial charge in [-0.25, -0.2) is 9.97 Å². The summed E-state index contributed by atoms with van der Waals surface area (Å²) in [6, 6.07) is 2.73. The summed E-state index contributed by atoms with van der Waals surface area (Å²) in [6.07, 6.45) is 0. The lowest BCUT2D eigenvalue weighted by molar-refractivity contribution is -0.121. The summed E-state index contributed by atoms with van der Waals surface area (Å²) >= 11 is 12.1. The molecule has 26 heavy (non-hydrogen) atoms. The Hall–Kier alpha value is -2.58. The Morgan fingerprint density at radius 3 is 2.69 bits per heavy atom. The summed E-state index contributed by atoms with van der Waals surface area (Å²) < 4.78 is 0. The van der Waals surface area contributed by atoms with Crippen molar-refractivity contribution in [2.24, 2.45) is 0 Å². The number of nitrogens with zero attached hydrogens (tertiary/aromatic N) is 3. The number of carbonyl (C=O) groups is 2. The smallest absolute Gasteiger partial charge is 0.273 e. The fraction of sp³-hybridized carbons (Fsp3) is 0.250. The highest BCUT2D eigenvalue weighted by Crippen LogP contribution is 2.39. The number of nitrogen functional groups attached to an aromatic ring is 1. The van der Waals surface area contributed by atoms with Crippen LogP contribution in [0.4, 0.5) is 5.95 Å². The van der Waals surface area contributed by atoms with E-state index in [0.717, 1.165) is 0 Å². The van der Waals surface area contributed by atoms with Crippen molar-refractivity contribution in [2.45, 2.75) is 13.5 Å². The van der Waals surface area contributed by atoms with Gasteiger partial charge in [0.25, 0.3) is 5.91 Å². The van der Waals surface area contributed by atoms with E-state index in [9.17, 15) is 14.7 Å². The van der Waals surface area contributed by atoms with Gasteiger partial charge in [-0.3, -0.25) is 9.59 Å². The number of phenolic OH excluding ortho intramolecular Hbond substituents is 1. The summed E-state index contributed by atoms with van der Waals surface area (Å²) in [5.74, 6) is -0.993. The highest BCUT2D eigenvalue weighted by atomic mass is 35.5. The number of fused-ring (bicyclic) bond motifs is 1. The van der Waals surface area contributed by atoms with E-state index in [1.54, 1.807) is 6.92 Å². The molecule has 0 spiro atoms. The number of anilines is 1. The molecule has 8 nitrogen and oxygen atoms in total. The van der Waals surface area contributed by atoms with Gasteiger partial charge in [-0.2, -0.15) is 0 Å². The third-order valence-corrected chi connectivity index (χ3v) is 4.48. The van der Waals surface area contributed by atoms with Gasteiger partial charge in [-0.1, -0.05) is 23.2 Å². The molecule has 0 radical (unpaired) electrons. The zero-order chi connectivity index (χ0) is 19.0. The Kier molecular flexibility index (Phi) is 4.88. The zero-order valence-electron chi connectivity index (χ0n) is 13.7. The van der Waals surface area contributed by atoms with Crippen LogP contribution in [0.5, 0.6) is 5.75 Å². The molecule has 1 aromatic heterocycles. The van der Waals surface area contributed by atoms with E-state index in [0.29, 0.717) is 23.4 Å². The van der Waals surface area contributed by atoms with E-state index in [4.69, 9.17) is 28.9 Å². The zero-order valence-corrected chi connectivity index (χ0v) is 15.2. The molecule has 0 atom stereocenters. The molecular formula is C16H15Cl2N5O3. The number of phenols is 1. The predicted octanol–water partition coefficient (Wildman–Crippen LogP) is 1.83. The molecule has 0 aliphatic carbocycles. The maximum Gasteiger partial charge on any atom is 0.273 e. The minimum absolute atomic E-state index is 0.0892. The molecule has 0 unspecified atom stereocenters. The Morgan fingerprint density at radius 1 is 1.31 bits per heavy atom. The van der Waals surface area contributed by atoms with E-state index >= 15 is 0 Å². The number of nitrogens with two attached hydrogens (primary N) is 1. The number of benzene rings is 1. The Bertz CT molecular complexity index is 919. The third-order valence-electron chi connectivity index (χ3n) is 3.86. The number of likely N-dealkylation sites (N-methyl/N-ethyl adjacent to an activating group) is 1. The molecule has 1 aliphatic heterocycles. The SMILES string of the molecule is CCNC(=O)CN1Cc2c(nc(N)nc2-c2cc(O)c(Cl)cc2Cl)C1=O. The minimum Gasteiger partial charge on any atom is -0.506 e. The van der Waals surface area contributed by atoms with E-state index in [1.807, 2.05) is 0 Å². The largest absolute Gasteiger partial charge is 0.506 e. The van der Waals surface area contributed by atoms with Crippen molar-refractivity contribution in [3.63, 3.8) is 0 Å². The molecule has 0 saturated carbocycles. The quantitative estimate of drug-likeness (QED) is 0.725. The van der Waals surface area contributed by atoms with Crippen LogP contribution in [0.3, 0.4) is 0 Å². The molecule has 2 amide bonds. The Labute approximate surface area is 158 Å². The van der Waals surface area contributed by atoms with Crippen molar-refractivity contribution in [2.75, 3.05) is 18.8 Å². The van der Waals surface area contributed by atoms with Crippen molar-refractivity contribution < 1.29 is 14.7 Å². The van der Waals surface area contributed by atoms with E-state index in [-0.39, 0.29) is 46.4 Å². The summed E-state index contributed by atoms with van der Waals surface area (Å²) in [4.78, 5) is 33.9. The molecular weight excluding hydrogens is 381 g/mol.